The highest BCUT2D eigenvalue weighted by Crippen LogP contribution is 2.26. The molecule has 1 aromatic heterocycles. The third-order valence-electron chi connectivity index (χ3n) is 7.44. The van der Waals surface area contributed by atoms with E-state index in [1.807, 2.05) is 97.4 Å². The summed E-state index contributed by atoms with van der Waals surface area (Å²) in [6, 6.07) is 23.1. The third-order valence-corrected chi connectivity index (χ3v) is 7.44. The number of nitrogens with zero attached hydrogens (tertiary/aromatic N) is 4. The van der Waals surface area contributed by atoms with Crippen molar-refractivity contribution in [2.45, 2.75) is 13.8 Å². The normalized spacial score (nSPS) is 13.5. The minimum Gasteiger partial charge on any atom is -0.497 e. The molecule has 0 unspecified atom stereocenters. The SMILES string of the molecule is COc1ccc(-c2cn(-c3ccc(C)cc3)c(NC(=O)CN(CCN3CCOCC3)C(=O)c3ccccc3C)n2)cc1. The van der Waals surface area contributed by atoms with Crippen molar-refractivity contribution in [1.29, 1.82) is 0 Å². The number of morpholine rings is 1. The van der Waals surface area contributed by atoms with Crippen LogP contribution in [0.15, 0.2) is 79.0 Å². The summed E-state index contributed by atoms with van der Waals surface area (Å²) in [5, 5.41) is 2.99. The maximum atomic E-state index is 13.7. The van der Waals surface area contributed by atoms with Gasteiger partial charge in [0.25, 0.3) is 5.91 Å². The predicted octanol–water partition coefficient (Wildman–Crippen LogP) is 4.58. The van der Waals surface area contributed by atoms with Crippen molar-refractivity contribution in [3.05, 3.63) is 95.7 Å². The summed E-state index contributed by atoms with van der Waals surface area (Å²) >= 11 is 0. The van der Waals surface area contributed by atoms with Gasteiger partial charge in [0, 0.05) is 49.2 Å². The Kier molecular flexibility index (Phi) is 9.31. The van der Waals surface area contributed by atoms with E-state index in [1.165, 1.54) is 0 Å². The number of nitrogens with one attached hydrogen (secondary N) is 1. The van der Waals surface area contributed by atoms with Crippen molar-refractivity contribution < 1.29 is 19.1 Å². The fraction of sp³-hybridized carbons (Fsp3) is 0.303. The van der Waals surface area contributed by atoms with Crippen LogP contribution in [0, 0.1) is 13.8 Å². The average Bonchev–Trinajstić information content (AvgIpc) is 3.43. The lowest BCUT2D eigenvalue weighted by atomic mass is 10.1. The number of benzene rings is 3. The van der Waals surface area contributed by atoms with Crippen molar-refractivity contribution in [2.75, 3.05) is 58.4 Å². The summed E-state index contributed by atoms with van der Waals surface area (Å²) in [6.45, 7) is 7.87. The molecule has 1 aliphatic rings. The standard InChI is InChI=1S/C33H37N5O4/c1-24-8-12-27(13-9-24)38-22-30(26-10-14-28(41-3)15-11-26)34-33(38)35-31(39)23-37(17-16-36-18-20-42-21-19-36)32(40)29-7-5-4-6-25(29)2/h4-15,22H,16-21,23H2,1-3H3,(H,34,35,39). The number of carbonyl (C=O) groups excluding carboxylic acids is 2. The molecular weight excluding hydrogens is 530 g/mol. The third kappa shape index (κ3) is 7.05. The van der Waals surface area contributed by atoms with Crippen LogP contribution in [-0.4, -0.2) is 84.2 Å². The van der Waals surface area contributed by atoms with Gasteiger partial charge in [-0.3, -0.25) is 24.4 Å². The van der Waals surface area contributed by atoms with Gasteiger partial charge >= 0.3 is 0 Å². The predicted molar refractivity (Wildman–Crippen MR) is 163 cm³/mol. The Morgan fingerprint density at radius 1 is 0.976 bits per heavy atom. The highest BCUT2D eigenvalue weighted by atomic mass is 16.5. The number of aryl methyl sites for hydroxylation is 2. The number of ether oxygens (including phenoxy) is 2. The lowest BCUT2D eigenvalue weighted by Gasteiger charge is -2.30. The van der Waals surface area contributed by atoms with Gasteiger partial charge in [0.05, 0.1) is 26.0 Å². The van der Waals surface area contributed by atoms with E-state index in [0.29, 0.717) is 43.5 Å². The van der Waals surface area contributed by atoms with Crippen LogP contribution >= 0.6 is 0 Å². The largest absolute Gasteiger partial charge is 0.497 e. The quantitative estimate of drug-likeness (QED) is 0.302. The van der Waals surface area contributed by atoms with Gasteiger partial charge in [0.15, 0.2) is 0 Å². The number of hydrogen-bond donors (Lipinski definition) is 1. The maximum Gasteiger partial charge on any atom is 0.254 e. The molecule has 218 valence electrons. The minimum absolute atomic E-state index is 0.101. The second-order valence-corrected chi connectivity index (χ2v) is 10.4. The van der Waals surface area contributed by atoms with Gasteiger partial charge in [-0.05, 0) is 61.9 Å². The van der Waals surface area contributed by atoms with Crippen molar-refractivity contribution >= 4 is 17.8 Å². The van der Waals surface area contributed by atoms with E-state index in [0.717, 1.165) is 41.2 Å². The van der Waals surface area contributed by atoms with E-state index in [1.54, 1.807) is 12.0 Å². The summed E-state index contributed by atoms with van der Waals surface area (Å²) in [4.78, 5) is 35.9. The second-order valence-electron chi connectivity index (χ2n) is 10.4. The first-order valence-electron chi connectivity index (χ1n) is 14.2. The molecule has 1 saturated heterocycles. The number of imidazole rings is 1. The smallest absolute Gasteiger partial charge is 0.254 e. The van der Waals surface area contributed by atoms with Gasteiger partial charge < -0.3 is 14.4 Å². The molecular formula is C33H37N5O4. The minimum atomic E-state index is -0.320. The number of aromatic nitrogens is 2. The molecule has 3 aromatic carbocycles. The second kappa shape index (κ2) is 13.5. The lowest BCUT2D eigenvalue weighted by Crippen LogP contribution is -2.45. The van der Waals surface area contributed by atoms with Crippen LogP contribution in [0.1, 0.15) is 21.5 Å². The molecule has 42 heavy (non-hydrogen) atoms. The molecule has 5 rings (SSSR count). The van der Waals surface area contributed by atoms with Crippen molar-refractivity contribution in [1.82, 2.24) is 19.4 Å². The van der Waals surface area contributed by atoms with E-state index in [9.17, 15) is 9.59 Å². The van der Waals surface area contributed by atoms with Crippen LogP contribution in [0.2, 0.25) is 0 Å². The Morgan fingerprint density at radius 2 is 1.69 bits per heavy atom. The van der Waals surface area contributed by atoms with Crippen molar-refractivity contribution in [3.63, 3.8) is 0 Å². The lowest BCUT2D eigenvalue weighted by molar-refractivity contribution is -0.117. The molecule has 0 saturated carbocycles. The Hall–Kier alpha value is -4.47. The number of amides is 2. The first kappa shape index (κ1) is 29.0. The monoisotopic (exact) mass is 567 g/mol. The zero-order valence-electron chi connectivity index (χ0n) is 24.4. The number of carbonyl (C=O) groups is 2. The molecule has 0 atom stereocenters. The van der Waals surface area contributed by atoms with Crippen LogP contribution < -0.4 is 10.1 Å². The first-order valence-corrected chi connectivity index (χ1v) is 14.2. The first-order chi connectivity index (χ1) is 20.4. The van der Waals surface area contributed by atoms with Gasteiger partial charge in [-0.2, -0.15) is 0 Å². The van der Waals surface area contributed by atoms with Crippen molar-refractivity contribution in [3.8, 4) is 22.7 Å². The summed E-state index contributed by atoms with van der Waals surface area (Å²) in [6.07, 6.45) is 1.90. The van der Waals surface area contributed by atoms with E-state index in [2.05, 4.69) is 10.2 Å². The molecule has 2 amide bonds. The Balaban J connectivity index is 1.39. The van der Waals surface area contributed by atoms with Crippen molar-refractivity contribution in [2.24, 2.45) is 0 Å². The Bertz CT molecular complexity index is 1510. The van der Waals surface area contributed by atoms with Gasteiger partial charge in [-0.25, -0.2) is 4.98 Å². The van der Waals surface area contributed by atoms with E-state index in [4.69, 9.17) is 14.5 Å². The molecule has 0 radical (unpaired) electrons. The summed E-state index contributed by atoms with van der Waals surface area (Å²) < 4.78 is 12.6. The van der Waals surface area contributed by atoms with Gasteiger partial charge in [-0.15, -0.1) is 0 Å². The van der Waals surface area contributed by atoms with E-state index < -0.39 is 0 Å². The molecule has 1 aliphatic heterocycles. The van der Waals surface area contributed by atoms with Gasteiger partial charge in [-0.1, -0.05) is 35.9 Å². The highest BCUT2D eigenvalue weighted by Gasteiger charge is 2.23. The van der Waals surface area contributed by atoms with E-state index >= 15 is 0 Å². The van der Waals surface area contributed by atoms with Crippen LogP contribution in [0.3, 0.4) is 0 Å². The Morgan fingerprint density at radius 3 is 2.38 bits per heavy atom. The Labute approximate surface area is 246 Å². The van der Waals surface area contributed by atoms with Crippen LogP contribution in [0.5, 0.6) is 5.75 Å². The van der Waals surface area contributed by atoms with Crippen LogP contribution in [-0.2, 0) is 9.53 Å². The summed E-state index contributed by atoms with van der Waals surface area (Å²) in [5.74, 6) is 0.642. The zero-order chi connectivity index (χ0) is 29.5. The molecule has 0 spiro atoms. The molecule has 0 aliphatic carbocycles. The van der Waals surface area contributed by atoms with Crippen LogP contribution in [0.4, 0.5) is 5.95 Å². The maximum absolute atomic E-state index is 13.7. The van der Waals surface area contributed by atoms with Gasteiger partial charge in [0.2, 0.25) is 11.9 Å². The number of methoxy groups -OCH3 is 1. The van der Waals surface area contributed by atoms with E-state index in [-0.39, 0.29) is 18.4 Å². The van der Waals surface area contributed by atoms with Gasteiger partial charge in [0.1, 0.15) is 12.3 Å². The topological polar surface area (TPSA) is 88.9 Å². The molecule has 9 nitrogen and oxygen atoms in total. The average molecular weight is 568 g/mol. The molecule has 4 aromatic rings. The number of hydrogen-bond acceptors (Lipinski definition) is 6. The molecule has 1 fully saturated rings. The molecule has 1 N–H and O–H groups in total. The highest BCUT2D eigenvalue weighted by molar-refractivity contribution is 6.00. The zero-order valence-corrected chi connectivity index (χ0v) is 24.4. The molecule has 0 bridgehead atoms. The summed E-state index contributed by atoms with van der Waals surface area (Å²) in [5.41, 5.74) is 5.05. The fourth-order valence-corrected chi connectivity index (χ4v) is 4.93. The molecule has 9 heteroatoms. The van der Waals surface area contributed by atoms with Crippen LogP contribution in [0.25, 0.3) is 16.9 Å². The number of anilines is 1. The number of rotatable bonds is 10. The fourth-order valence-electron chi connectivity index (χ4n) is 4.93. The summed E-state index contributed by atoms with van der Waals surface area (Å²) in [7, 11) is 1.63. The molecule has 2 heterocycles.